The summed E-state index contributed by atoms with van der Waals surface area (Å²) >= 11 is 0. The molecule has 4 nitrogen and oxygen atoms in total. The molecule has 120 valence electrons. The first kappa shape index (κ1) is 16.3. The smallest absolute Gasteiger partial charge is 0.249 e. The van der Waals surface area contributed by atoms with Crippen molar-refractivity contribution < 1.29 is 9.59 Å². The van der Waals surface area contributed by atoms with Crippen molar-refractivity contribution >= 4 is 11.8 Å². The van der Waals surface area contributed by atoms with Crippen molar-refractivity contribution in [3.63, 3.8) is 0 Å². The van der Waals surface area contributed by atoms with Gasteiger partial charge in [-0.2, -0.15) is 0 Å². The first-order valence-electron chi connectivity index (χ1n) is 8.19. The molecule has 1 aliphatic carbocycles. The fourth-order valence-corrected chi connectivity index (χ4v) is 3.25. The van der Waals surface area contributed by atoms with Crippen LogP contribution in [0.5, 0.6) is 0 Å². The second-order valence-electron chi connectivity index (χ2n) is 8.46. The van der Waals surface area contributed by atoms with Crippen LogP contribution in [-0.4, -0.2) is 34.8 Å². The van der Waals surface area contributed by atoms with Gasteiger partial charge in [0, 0.05) is 6.54 Å². The van der Waals surface area contributed by atoms with Crippen molar-refractivity contribution in [2.24, 2.45) is 17.3 Å². The van der Waals surface area contributed by atoms with Crippen molar-refractivity contribution in [3.8, 4) is 0 Å². The highest BCUT2D eigenvalue weighted by molar-refractivity contribution is 6.00. The van der Waals surface area contributed by atoms with Gasteiger partial charge < -0.3 is 10.2 Å². The molecular formula is C17H30N2O2. The van der Waals surface area contributed by atoms with Crippen molar-refractivity contribution in [1.82, 2.24) is 10.2 Å². The second-order valence-corrected chi connectivity index (χ2v) is 8.46. The minimum absolute atomic E-state index is 0.0212. The average Bonchev–Trinajstić information content (AvgIpc) is 3.14. The minimum atomic E-state index is -0.680. The van der Waals surface area contributed by atoms with Gasteiger partial charge in [0.25, 0.3) is 0 Å². The van der Waals surface area contributed by atoms with E-state index in [-0.39, 0.29) is 29.2 Å². The van der Waals surface area contributed by atoms with Crippen LogP contribution in [0.4, 0.5) is 0 Å². The highest BCUT2D eigenvalue weighted by atomic mass is 16.2. The Hall–Kier alpha value is -1.06. The van der Waals surface area contributed by atoms with E-state index >= 15 is 0 Å². The summed E-state index contributed by atoms with van der Waals surface area (Å²) in [6.45, 7) is 13.1. The molecule has 2 aliphatic rings. The molecule has 2 atom stereocenters. The monoisotopic (exact) mass is 294 g/mol. The van der Waals surface area contributed by atoms with E-state index in [0.29, 0.717) is 12.5 Å². The Morgan fingerprint density at radius 2 is 1.86 bits per heavy atom. The predicted molar refractivity (Wildman–Crippen MR) is 83.7 cm³/mol. The highest BCUT2D eigenvalue weighted by Crippen LogP contribution is 2.43. The van der Waals surface area contributed by atoms with Gasteiger partial charge in [0.2, 0.25) is 11.8 Å². The summed E-state index contributed by atoms with van der Waals surface area (Å²) in [6.07, 6.45) is 3.00. The van der Waals surface area contributed by atoms with Crippen molar-refractivity contribution in [2.45, 2.75) is 72.4 Å². The molecule has 1 heterocycles. The third kappa shape index (κ3) is 3.24. The van der Waals surface area contributed by atoms with Gasteiger partial charge in [-0.05, 0) is 43.4 Å². The van der Waals surface area contributed by atoms with E-state index in [1.54, 1.807) is 0 Å². The lowest BCUT2D eigenvalue weighted by atomic mass is 9.85. The van der Waals surface area contributed by atoms with E-state index in [9.17, 15) is 9.59 Å². The Balaban J connectivity index is 2.24. The van der Waals surface area contributed by atoms with Crippen molar-refractivity contribution in [1.29, 1.82) is 0 Å². The van der Waals surface area contributed by atoms with Gasteiger partial charge in [0.15, 0.2) is 0 Å². The Morgan fingerprint density at radius 1 is 1.29 bits per heavy atom. The standard InChI is InChI=1S/C17H30N2O2/c1-11(2)13-14(20)18-17(6,12-7-8-12)15(21)19(13)10-9-16(3,4)5/h11-13H,7-10H2,1-6H3,(H,18,20). The molecule has 2 fully saturated rings. The second kappa shape index (κ2) is 5.29. The van der Waals surface area contributed by atoms with E-state index < -0.39 is 5.54 Å². The summed E-state index contributed by atoms with van der Waals surface area (Å²) < 4.78 is 0. The lowest BCUT2D eigenvalue weighted by Crippen LogP contribution is -2.71. The molecule has 2 unspecified atom stereocenters. The molecule has 1 saturated carbocycles. The molecule has 21 heavy (non-hydrogen) atoms. The first-order valence-corrected chi connectivity index (χ1v) is 8.19. The van der Waals surface area contributed by atoms with Gasteiger partial charge in [-0.3, -0.25) is 9.59 Å². The maximum atomic E-state index is 13.0. The summed E-state index contributed by atoms with van der Waals surface area (Å²) in [5, 5.41) is 3.03. The molecule has 0 aromatic rings. The molecule has 0 radical (unpaired) electrons. The zero-order chi connectivity index (χ0) is 16.0. The number of hydrogen-bond acceptors (Lipinski definition) is 2. The number of hydrogen-bond donors (Lipinski definition) is 1. The molecule has 0 spiro atoms. The normalized spacial score (nSPS) is 30.8. The molecule has 2 rings (SSSR count). The van der Waals surface area contributed by atoms with Gasteiger partial charge in [-0.25, -0.2) is 0 Å². The van der Waals surface area contributed by atoms with E-state index in [1.807, 2.05) is 25.7 Å². The number of amides is 2. The van der Waals surface area contributed by atoms with Gasteiger partial charge >= 0.3 is 0 Å². The van der Waals surface area contributed by atoms with Crippen LogP contribution in [0.25, 0.3) is 0 Å². The van der Waals surface area contributed by atoms with Gasteiger partial charge in [-0.1, -0.05) is 34.6 Å². The molecule has 0 aromatic heterocycles. The Labute approximate surface area is 128 Å². The fourth-order valence-electron chi connectivity index (χ4n) is 3.25. The number of nitrogens with one attached hydrogen (secondary N) is 1. The number of nitrogens with zero attached hydrogens (tertiary/aromatic N) is 1. The molecular weight excluding hydrogens is 264 g/mol. The molecule has 2 amide bonds. The third-order valence-electron chi connectivity index (χ3n) is 4.82. The van der Waals surface area contributed by atoms with Crippen LogP contribution in [0.15, 0.2) is 0 Å². The summed E-state index contributed by atoms with van der Waals surface area (Å²) in [4.78, 5) is 27.4. The van der Waals surface area contributed by atoms with E-state index in [1.165, 1.54) is 0 Å². The summed E-state index contributed by atoms with van der Waals surface area (Å²) in [5.41, 5.74) is -0.522. The van der Waals surface area contributed by atoms with Gasteiger partial charge in [0.1, 0.15) is 11.6 Å². The molecule has 4 heteroatoms. The maximum Gasteiger partial charge on any atom is 0.249 e. The van der Waals surface area contributed by atoms with E-state index in [2.05, 4.69) is 26.1 Å². The Bertz CT molecular complexity index is 435. The van der Waals surface area contributed by atoms with Crippen molar-refractivity contribution in [2.75, 3.05) is 6.54 Å². The van der Waals surface area contributed by atoms with Crippen LogP contribution < -0.4 is 5.32 Å². The van der Waals surface area contributed by atoms with Crippen LogP contribution >= 0.6 is 0 Å². The molecule has 0 aromatic carbocycles. The number of rotatable bonds is 4. The van der Waals surface area contributed by atoms with Crippen LogP contribution in [0.3, 0.4) is 0 Å². The topological polar surface area (TPSA) is 49.4 Å². The fraction of sp³-hybridized carbons (Fsp3) is 0.882. The molecule has 1 N–H and O–H groups in total. The molecule has 0 bridgehead atoms. The summed E-state index contributed by atoms with van der Waals surface area (Å²) in [7, 11) is 0. The lowest BCUT2D eigenvalue weighted by molar-refractivity contribution is -0.157. The zero-order valence-electron chi connectivity index (χ0n) is 14.3. The van der Waals surface area contributed by atoms with Crippen LogP contribution in [0, 0.1) is 17.3 Å². The number of carbonyl (C=O) groups is 2. The largest absolute Gasteiger partial charge is 0.340 e. The van der Waals surface area contributed by atoms with Gasteiger partial charge in [-0.15, -0.1) is 0 Å². The van der Waals surface area contributed by atoms with Crippen molar-refractivity contribution in [3.05, 3.63) is 0 Å². The van der Waals surface area contributed by atoms with Gasteiger partial charge in [0.05, 0.1) is 0 Å². The zero-order valence-corrected chi connectivity index (χ0v) is 14.3. The Morgan fingerprint density at radius 3 is 2.29 bits per heavy atom. The quantitative estimate of drug-likeness (QED) is 0.866. The molecule has 1 saturated heterocycles. The first-order chi connectivity index (χ1) is 9.56. The number of piperazine rings is 1. The summed E-state index contributed by atoms with van der Waals surface area (Å²) in [5.74, 6) is 0.595. The SMILES string of the molecule is CC(C)C1C(=O)NC(C)(C2CC2)C(=O)N1CCC(C)(C)C. The number of carbonyl (C=O) groups excluding carboxylic acids is 2. The van der Waals surface area contributed by atoms with E-state index in [4.69, 9.17) is 0 Å². The maximum absolute atomic E-state index is 13.0. The third-order valence-corrected chi connectivity index (χ3v) is 4.82. The predicted octanol–water partition coefficient (Wildman–Crippen LogP) is 2.57. The van der Waals surface area contributed by atoms with Crippen LogP contribution in [0.1, 0.15) is 60.8 Å². The Kier molecular flexibility index (Phi) is 4.11. The van der Waals surface area contributed by atoms with E-state index in [0.717, 1.165) is 19.3 Å². The highest BCUT2D eigenvalue weighted by Gasteiger charge is 2.55. The van der Waals surface area contributed by atoms with Crippen LogP contribution in [-0.2, 0) is 9.59 Å². The minimum Gasteiger partial charge on any atom is -0.340 e. The molecule has 1 aliphatic heterocycles. The van der Waals surface area contributed by atoms with Crippen LogP contribution in [0.2, 0.25) is 0 Å². The summed E-state index contributed by atoms with van der Waals surface area (Å²) in [6, 6.07) is -0.327. The lowest BCUT2D eigenvalue weighted by Gasteiger charge is -2.46. The average molecular weight is 294 g/mol.